The van der Waals surface area contributed by atoms with Crippen molar-refractivity contribution < 1.29 is 5.11 Å². The molecule has 0 spiro atoms. The van der Waals surface area contributed by atoms with Crippen LogP contribution < -0.4 is 5.32 Å². The van der Waals surface area contributed by atoms with E-state index in [9.17, 15) is 5.11 Å². The van der Waals surface area contributed by atoms with Crippen molar-refractivity contribution in [2.75, 3.05) is 6.54 Å². The first kappa shape index (κ1) is 12.1. The molecule has 0 saturated carbocycles. The quantitative estimate of drug-likeness (QED) is 0.832. The minimum absolute atomic E-state index is 0.202. The van der Waals surface area contributed by atoms with E-state index in [0.29, 0.717) is 0 Å². The highest BCUT2D eigenvalue weighted by Crippen LogP contribution is 2.33. The van der Waals surface area contributed by atoms with Crippen molar-refractivity contribution in [1.29, 1.82) is 0 Å². The summed E-state index contributed by atoms with van der Waals surface area (Å²) >= 11 is 1.71. The summed E-state index contributed by atoms with van der Waals surface area (Å²) in [5.74, 6) is 0. The van der Waals surface area contributed by atoms with Crippen molar-refractivity contribution in [1.82, 2.24) is 5.32 Å². The molecule has 0 aliphatic carbocycles. The Morgan fingerprint density at radius 2 is 2.19 bits per heavy atom. The Morgan fingerprint density at radius 1 is 1.38 bits per heavy atom. The van der Waals surface area contributed by atoms with Gasteiger partial charge in [-0.2, -0.15) is 0 Å². The molecule has 2 nitrogen and oxygen atoms in total. The average Bonchev–Trinajstić information content (AvgIpc) is 2.54. The lowest BCUT2D eigenvalue weighted by Gasteiger charge is -2.32. The maximum atomic E-state index is 10.7. The number of hydrogen-bond donors (Lipinski definition) is 2. The molecule has 90 valence electrons. The highest BCUT2D eigenvalue weighted by atomic mass is 32.1. The predicted molar refractivity (Wildman–Crippen MR) is 68.9 cm³/mol. The summed E-state index contributed by atoms with van der Waals surface area (Å²) in [6, 6.07) is 4.35. The number of aryl methyl sites for hydroxylation is 1. The monoisotopic (exact) mass is 239 g/mol. The molecule has 2 unspecified atom stereocenters. The average molecular weight is 239 g/mol. The summed E-state index contributed by atoms with van der Waals surface area (Å²) in [4.78, 5) is 2.35. The van der Waals surface area contributed by atoms with Crippen LogP contribution in [0, 0.1) is 6.92 Å². The zero-order valence-electron chi connectivity index (χ0n) is 10.1. The molecule has 2 rings (SSSR count). The van der Waals surface area contributed by atoms with Crippen LogP contribution in [0.1, 0.15) is 42.4 Å². The third kappa shape index (κ3) is 2.47. The standard InChI is InChI=1S/C13H21NOS/c1-10-7-8-12(16-10)13(2,15)11-6-4-3-5-9-14-11/h7-8,11,14-15H,3-6,9H2,1-2H3. The van der Waals surface area contributed by atoms with Crippen LogP contribution in [-0.4, -0.2) is 17.7 Å². The van der Waals surface area contributed by atoms with Gasteiger partial charge in [-0.25, -0.2) is 0 Å². The summed E-state index contributed by atoms with van der Waals surface area (Å²) in [7, 11) is 0. The maximum Gasteiger partial charge on any atom is 0.111 e. The second-order valence-electron chi connectivity index (χ2n) is 4.91. The van der Waals surface area contributed by atoms with Gasteiger partial charge in [0.2, 0.25) is 0 Å². The van der Waals surface area contributed by atoms with Crippen LogP contribution in [0.3, 0.4) is 0 Å². The van der Waals surface area contributed by atoms with Crippen LogP contribution in [-0.2, 0) is 5.60 Å². The Hall–Kier alpha value is -0.380. The van der Waals surface area contributed by atoms with Gasteiger partial charge in [0.25, 0.3) is 0 Å². The third-order valence-corrected chi connectivity index (χ3v) is 4.71. The summed E-state index contributed by atoms with van der Waals surface area (Å²) in [6.07, 6.45) is 4.81. The SMILES string of the molecule is Cc1ccc(C(C)(O)C2CCCCCN2)s1. The predicted octanol–water partition coefficient (Wildman–Crippen LogP) is 2.80. The van der Waals surface area contributed by atoms with Gasteiger partial charge in [0, 0.05) is 15.8 Å². The first-order valence-corrected chi connectivity index (χ1v) is 6.95. The van der Waals surface area contributed by atoms with Gasteiger partial charge in [-0.05, 0) is 45.4 Å². The number of rotatable bonds is 2. The highest BCUT2D eigenvalue weighted by Gasteiger charge is 2.34. The molecule has 1 aliphatic heterocycles. The molecule has 2 heterocycles. The molecular formula is C13H21NOS. The number of aliphatic hydroxyl groups is 1. The molecule has 3 heteroatoms. The fraction of sp³-hybridized carbons (Fsp3) is 0.692. The molecule has 1 fully saturated rings. The Kier molecular flexibility index (Phi) is 3.67. The Bertz CT molecular complexity index is 337. The van der Waals surface area contributed by atoms with E-state index >= 15 is 0 Å². The topological polar surface area (TPSA) is 32.3 Å². The van der Waals surface area contributed by atoms with E-state index in [1.807, 2.05) is 6.92 Å². The minimum Gasteiger partial charge on any atom is -0.383 e. The van der Waals surface area contributed by atoms with Gasteiger partial charge in [0.05, 0.1) is 0 Å². The van der Waals surface area contributed by atoms with Gasteiger partial charge in [-0.1, -0.05) is 12.8 Å². The molecule has 0 amide bonds. The highest BCUT2D eigenvalue weighted by molar-refractivity contribution is 7.12. The van der Waals surface area contributed by atoms with Gasteiger partial charge < -0.3 is 10.4 Å². The van der Waals surface area contributed by atoms with Crippen molar-refractivity contribution in [3.05, 3.63) is 21.9 Å². The van der Waals surface area contributed by atoms with Crippen LogP contribution in [0.25, 0.3) is 0 Å². The van der Waals surface area contributed by atoms with Crippen molar-refractivity contribution in [3.63, 3.8) is 0 Å². The molecule has 0 aromatic carbocycles. The van der Waals surface area contributed by atoms with Crippen molar-refractivity contribution >= 4 is 11.3 Å². The summed E-state index contributed by atoms with van der Waals surface area (Å²) in [5.41, 5.74) is -0.719. The van der Waals surface area contributed by atoms with Crippen molar-refractivity contribution in [2.24, 2.45) is 0 Å². The Balaban J connectivity index is 2.16. The van der Waals surface area contributed by atoms with E-state index in [4.69, 9.17) is 0 Å². The number of nitrogens with one attached hydrogen (secondary N) is 1. The molecule has 16 heavy (non-hydrogen) atoms. The van der Waals surface area contributed by atoms with Crippen molar-refractivity contribution in [2.45, 2.75) is 51.2 Å². The fourth-order valence-electron chi connectivity index (χ4n) is 2.39. The Labute approximate surface area is 102 Å². The smallest absolute Gasteiger partial charge is 0.111 e. The van der Waals surface area contributed by atoms with E-state index in [-0.39, 0.29) is 6.04 Å². The van der Waals surface area contributed by atoms with Crippen LogP contribution in [0.2, 0.25) is 0 Å². The molecule has 0 bridgehead atoms. The summed E-state index contributed by atoms with van der Waals surface area (Å²) in [5, 5.41) is 14.2. The first-order chi connectivity index (χ1) is 7.60. The molecule has 1 aliphatic rings. The molecule has 1 aromatic rings. The van der Waals surface area contributed by atoms with Gasteiger partial charge >= 0.3 is 0 Å². The van der Waals surface area contributed by atoms with E-state index in [1.54, 1.807) is 11.3 Å². The normalized spacial score (nSPS) is 26.1. The van der Waals surface area contributed by atoms with Gasteiger partial charge in [-0.15, -0.1) is 11.3 Å². The van der Waals surface area contributed by atoms with Crippen LogP contribution in [0.5, 0.6) is 0 Å². The molecule has 0 radical (unpaired) electrons. The second kappa shape index (κ2) is 4.86. The molecular weight excluding hydrogens is 218 g/mol. The van der Waals surface area contributed by atoms with E-state index in [0.717, 1.165) is 17.8 Å². The lowest BCUT2D eigenvalue weighted by molar-refractivity contribution is 0.0171. The van der Waals surface area contributed by atoms with Crippen LogP contribution >= 0.6 is 11.3 Å². The fourth-order valence-corrected chi connectivity index (χ4v) is 3.35. The lowest BCUT2D eigenvalue weighted by atomic mass is 9.91. The van der Waals surface area contributed by atoms with E-state index < -0.39 is 5.60 Å². The summed E-state index contributed by atoms with van der Waals surface area (Å²) < 4.78 is 0. The second-order valence-corrected chi connectivity index (χ2v) is 6.20. The molecule has 2 atom stereocenters. The van der Waals surface area contributed by atoms with E-state index in [2.05, 4.69) is 24.4 Å². The molecule has 1 saturated heterocycles. The maximum absolute atomic E-state index is 10.7. The third-order valence-electron chi connectivity index (χ3n) is 3.48. The van der Waals surface area contributed by atoms with Crippen molar-refractivity contribution in [3.8, 4) is 0 Å². The van der Waals surface area contributed by atoms with Crippen LogP contribution in [0.4, 0.5) is 0 Å². The number of thiophene rings is 1. The minimum atomic E-state index is -0.719. The molecule has 2 N–H and O–H groups in total. The first-order valence-electron chi connectivity index (χ1n) is 6.13. The van der Waals surface area contributed by atoms with Gasteiger partial charge in [-0.3, -0.25) is 0 Å². The zero-order chi connectivity index (χ0) is 11.6. The molecule has 1 aromatic heterocycles. The summed E-state index contributed by atoms with van der Waals surface area (Å²) in [6.45, 7) is 5.07. The largest absolute Gasteiger partial charge is 0.383 e. The Morgan fingerprint density at radius 3 is 2.88 bits per heavy atom. The lowest BCUT2D eigenvalue weighted by Crippen LogP contribution is -2.45. The number of hydrogen-bond acceptors (Lipinski definition) is 3. The van der Waals surface area contributed by atoms with Gasteiger partial charge in [0.15, 0.2) is 0 Å². The van der Waals surface area contributed by atoms with E-state index in [1.165, 1.54) is 24.1 Å². The van der Waals surface area contributed by atoms with Gasteiger partial charge in [0.1, 0.15) is 5.60 Å². The van der Waals surface area contributed by atoms with Crippen LogP contribution in [0.15, 0.2) is 12.1 Å². The zero-order valence-corrected chi connectivity index (χ0v) is 10.9.